The second kappa shape index (κ2) is 7.03. The van der Waals surface area contributed by atoms with E-state index >= 15 is 0 Å². The lowest BCUT2D eigenvalue weighted by atomic mass is 9.75. The lowest BCUT2D eigenvalue weighted by molar-refractivity contribution is -0.119. The molecule has 1 saturated carbocycles. The highest BCUT2D eigenvalue weighted by molar-refractivity contribution is 5.73. The summed E-state index contributed by atoms with van der Waals surface area (Å²) in [6.07, 6.45) is 4.81. The van der Waals surface area contributed by atoms with Crippen LogP contribution in [0.2, 0.25) is 0 Å². The Labute approximate surface area is 126 Å². The standard InChI is InChI=1S/C17H25FN2O/c1-20(2)17(14-7-9-15(18)10-8-14)13-5-3-12(4-6-13)11-16(19)21/h7-10,12-13,17H,3-6,11H2,1-2H3,(H2,19,21). The van der Waals surface area contributed by atoms with Gasteiger partial charge in [-0.3, -0.25) is 4.79 Å². The van der Waals surface area contributed by atoms with Gasteiger partial charge in [0.05, 0.1) is 0 Å². The molecule has 116 valence electrons. The number of nitrogens with two attached hydrogens (primary N) is 1. The summed E-state index contributed by atoms with van der Waals surface area (Å²) in [6.45, 7) is 0. The molecule has 1 aliphatic carbocycles. The fraction of sp³-hybridized carbons (Fsp3) is 0.588. The summed E-state index contributed by atoms with van der Waals surface area (Å²) < 4.78 is 13.1. The molecule has 0 saturated heterocycles. The Balaban J connectivity index is 2.04. The van der Waals surface area contributed by atoms with E-state index in [1.165, 1.54) is 17.7 Å². The molecule has 2 N–H and O–H groups in total. The highest BCUT2D eigenvalue weighted by atomic mass is 19.1. The molecular formula is C17H25FN2O. The molecule has 21 heavy (non-hydrogen) atoms. The second-order valence-electron chi connectivity index (χ2n) is 6.41. The first kappa shape index (κ1) is 16.0. The number of nitrogens with zero attached hydrogens (tertiary/aromatic N) is 1. The first-order chi connectivity index (χ1) is 9.97. The molecule has 3 nitrogen and oxygen atoms in total. The highest BCUT2D eigenvalue weighted by Gasteiger charge is 2.30. The Morgan fingerprint density at radius 3 is 2.29 bits per heavy atom. The molecule has 0 bridgehead atoms. The van der Waals surface area contributed by atoms with Crippen LogP contribution in [0, 0.1) is 17.7 Å². The summed E-state index contributed by atoms with van der Waals surface area (Å²) in [4.78, 5) is 13.2. The average Bonchev–Trinajstić information content (AvgIpc) is 2.42. The van der Waals surface area contributed by atoms with Gasteiger partial charge in [0, 0.05) is 12.5 Å². The van der Waals surface area contributed by atoms with Crippen LogP contribution in [-0.2, 0) is 4.79 Å². The van der Waals surface area contributed by atoms with Gasteiger partial charge in [-0.2, -0.15) is 0 Å². The smallest absolute Gasteiger partial charge is 0.217 e. The summed E-state index contributed by atoms with van der Waals surface area (Å²) in [5, 5.41) is 0. The molecular weight excluding hydrogens is 267 g/mol. The molecule has 0 heterocycles. The van der Waals surface area contributed by atoms with E-state index in [0.29, 0.717) is 24.3 Å². The Bertz CT molecular complexity index is 464. The summed E-state index contributed by atoms with van der Waals surface area (Å²) in [5.74, 6) is 0.604. The van der Waals surface area contributed by atoms with E-state index in [-0.39, 0.29) is 11.7 Å². The van der Waals surface area contributed by atoms with E-state index in [4.69, 9.17) is 5.73 Å². The van der Waals surface area contributed by atoms with Gasteiger partial charge in [-0.05, 0) is 69.3 Å². The maximum Gasteiger partial charge on any atom is 0.217 e. The van der Waals surface area contributed by atoms with Gasteiger partial charge >= 0.3 is 0 Å². The summed E-state index contributed by atoms with van der Waals surface area (Å²) in [5.41, 5.74) is 6.45. The minimum atomic E-state index is -0.193. The van der Waals surface area contributed by atoms with E-state index in [1.807, 2.05) is 12.1 Å². The Kier molecular flexibility index (Phi) is 5.34. The molecule has 0 aromatic heterocycles. The van der Waals surface area contributed by atoms with Gasteiger partial charge in [-0.1, -0.05) is 12.1 Å². The number of amides is 1. The zero-order valence-electron chi connectivity index (χ0n) is 12.9. The molecule has 0 radical (unpaired) electrons. The molecule has 1 amide bonds. The number of carbonyl (C=O) groups is 1. The van der Waals surface area contributed by atoms with Crippen LogP contribution in [0.5, 0.6) is 0 Å². The molecule has 2 rings (SSSR count). The molecule has 0 spiro atoms. The lowest BCUT2D eigenvalue weighted by Crippen LogP contribution is -2.31. The lowest BCUT2D eigenvalue weighted by Gasteiger charge is -2.37. The number of primary amides is 1. The SMILES string of the molecule is CN(C)C(c1ccc(F)cc1)C1CCC(CC(N)=O)CC1. The van der Waals surface area contributed by atoms with Crippen LogP contribution in [0.1, 0.15) is 43.7 Å². The van der Waals surface area contributed by atoms with Crippen molar-refractivity contribution in [2.24, 2.45) is 17.6 Å². The molecule has 1 aromatic carbocycles. The largest absolute Gasteiger partial charge is 0.370 e. The van der Waals surface area contributed by atoms with Crippen molar-refractivity contribution >= 4 is 5.91 Å². The van der Waals surface area contributed by atoms with Crippen molar-refractivity contribution in [3.8, 4) is 0 Å². The first-order valence-corrected chi connectivity index (χ1v) is 7.67. The molecule has 1 atom stereocenters. The van der Waals surface area contributed by atoms with Gasteiger partial charge in [-0.15, -0.1) is 0 Å². The van der Waals surface area contributed by atoms with Crippen LogP contribution >= 0.6 is 0 Å². The fourth-order valence-corrected chi connectivity index (χ4v) is 3.64. The van der Waals surface area contributed by atoms with E-state index in [2.05, 4.69) is 19.0 Å². The van der Waals surface area contributed by atoms with Crippen molar-refractivity contribution in [2.45, 2.75) is 38.1 Å². The van der Waals surface area contributed by atoms with Crippen LogP contribution in [0.3, 0.4) is 0 Å². The minimum Gasteiger partial charge on any atom is -0.370 e. The van der Waals surface area contributed by atoms with Crippen molar-refractivity contribution in [1.29, 1.82) is 0 Å². The van der Waals surface area contributed by atoms with E-state index in [0.717, 1.165) is 25.7 Å². The van der Waals surface area contributed by atoms with Crippen LogP contribution in [0.25, 0.3) is 0 Å². The third kappa shape index (κ3) is 4.27. The minimum absolute atomic E-state index is 0.193. The van der Waals surface area contributed by atoms with Crippen molar-refractivity contribution in [3.63, 3.8) is 0 Å². The predicted molar refractivity (Wildman–Crippen MR) is 82.1 cm³/mol. The van der Waals surface area contributed by atoms with Crippen molar-refractivity contribution in [3.05, 3.63) is 35.6 Å². The molecule has 0 aliphatic heterocycles. The quantitative estimate of drug-likeness (QED) is 0.906. The van der Waals surface area contributed by atoms with Gasteiger partial charge in [0.25, 0.3) is 0 Å². The molecule has 4 heteroatoms. The zero-order chi connectivity index (χ0) is 15.4. The van der Waals surface area contributed by atoms with E-state index in [9.17, 15) is 9.18 Å². The van der Waals surface area contributed by atoms with E-state index < -0.39 is 0 Å². The topological polar surface area (TPSA) is 46.3 Å². The average molecular weight is 292 g/mol. The van der Waals surface area contributed by atoms with Gasteiger partial charge in [0.2, 0.25) is 5.91 Å². The fourth-order valence-electron chi connectivity index (χ4n) is 3.64. The van der Waals surface area contributed by atoms with Crippen LogP contribution in [-0.4, -0.2) is 24.9 Å². The maximum absolute atomic E-state index is 13.1. The van der Waals surface area contributed by atoms with Crippen molar-refractivity contribution < 1.29 is 9.18 Å². The summed E-state index contributed by atoms with van der Waals surface area (Å²) >= 11 is 0. The molecule has 1 unspecified atom stereocenters. The third-order valence-electron chi connectivity index (χ3n) is 4.60. The van der Waals surface area contributed by atoms with Gasteiger partial charge in [0.15, 0.2) is 0 Å². The van der Waals surface area contributed by atoms with Crippen LogP contribution in [0.15, 0.2) is 24.3 Å². The molecule has 1 fully saturated rings. The predicted octanol–water partition coefficient (Wildman–Crippen LogP) is 3.11. The third-order valence-corrected chi connectivity index (χ3v) is 4.60. The Hall–Kier alpha value is -1.42. The Morgan fingerprint density at radius 1 is 1.24 bits per heavy atom. The zero-order valence-corrected chi connectivity index (χ0v) is 12.9. The van der Waals surface area contributed by atoms with Gasteiger partial charge in [0.1, 0.15) is 5.82 Å². The number of hydrogen-bond donors (Lipinski definition) is 1. The summed E-state index contributed by atoms with van der Waals surface area (Å²) in [6, 6.07) is 7.14. The number of hydrogen-bond acceptors (Lipinski definition) is 2. The number of rotatable bonds is 5. The first-order valence-electron chi connectivity index (χ1n) is 7.67. The second-order valence-corrected chi connectivity index (χ2v) is 6.41. The summed E-state index contributed by atoms with van der Waals surface area (Å²) in [7, 11) is 4.15. The van der Waals surface area contributed by atoms with Gasteiger partial charge in [-0.25, -0.2) is 4.39 Å². The van der Waals surface area contributed by atoms with Crippen molar-refractivity contribution in [2.75, 3.05) is 14.1 Å². The number of halogens is 1. The monoisotopic (exact) mass is 292 g/mol. The van der Waals surface area contributed by atoms with Gasteiger partial charge < -0.3 is 10.6 Å². The molecule has 1 aliphatic rings. The van der Waals surface area contributed by atoms with E-state index in [1.54, 1.807) is 0 Å². The van der Waals surface area contributed by atoms with Crippen LogP contribution < -0.4 is 5.73 Å². The number of benzene rings is 1. The van der Waals surface area contributed by atoms with Crippen molar-refractivity contribution in [1.82, 2.24) is 4.90 Å². The highest BCUT2D eigenvalue weighted by Crippen LogP contribution is 2.40. The normalized spacial score (nSPS) is 24.0. The number of carbonyl (C=O) groups excluding carboxylic acids is 1. The maximum atomic E-state index is 13.1. The molecule has 1 aromatic rings. The Morgan fingerprint density at radius 2 is 1.81 bits per heavy atom. The van der Waals surface area contributed by atoms with Crippen LogP contribution in [0.4, 0.5) is 4.39 Å².